The Kier molecular flexibility index (Phi) is 4.18. The minimum atomic E-state index is -0.889. The van der Waals surface area contributed by atoms with Gasteiger partial charge < -0.3 is 9.80 Å². The van der Waals surface area contributed by atoms with Crippen LogP contribution in [-0.2, 0) is 14.4 Å². The predicted molar refractivity (Wildman–Crippen MR) is 84.3 cm³/mol. The summed E-state index contributed by atoms with van der Waals surface area (Å²) in [6.07, 6.45) is -0.0552. The molecular formula is C16H20N4O3. The van der Waals surface area contributed by atoms with Crippen LogP contribution in [0, 0.1) is 5.92 Å². The first-order valence-corrected chi connectivity index (χ1v) is 7.72. The van der Waals surface area contributed by atoms with Crippen molar-refractivity contribution < 1.29 is 14.4 Å². The highest BCUT2D eigenvalue weighted by atomic mass is 16.2. The molecule has 0 aliphatic carbocycles. The van der Waals surface area contributed by atoms with Crippen LogP contribution in [0.5, 0.6) is 0 Å². The van der Waals surface area contributed by atoms with E-state index in [9.17, 15) is 14.4 Å². The minimum absolute atomic E-state index is 0.0552. The van der Waals surface area contributed by atoms with E-state index in [4.69, 9.17) is 0 Å². The van der Waals surface area contributed by atoms with Gasteiger partial charge in [-0.05, 0) is 12.1 Å². The van der Waals surface area contributed by atoms with Gasteiger partial charge in [0.05, 0.1) is 0 Å². The first kappa shape index (κ1) is 15.3. The molecule has 0 radical (unpaired) electrons. The highest BCUT2D eigenvalue weighted by Gasteiger charge is 2.39. The van der Waals surface area contributed by atoms with E-state index < -0.39 is 11.8 Å². The average molecular weight is 316 g/mol. The fourth-order valence-corrected chi connectivity index (χ4v) is 2.98. The van der Waals surface area contributed by atoms with Crippen molar-refractivity contribution >= 4 is 23.4 Å². The topological polar surface area (TPSA) is 73.0 Å². The van der Waals surface area contributed by atoms with Gasteiger partial charge in [0.2, 0.25) is 5.91 Å². The minimum Gasteiger partial charge on any atom is -0.368 e. The molecule has 2 fully saturated rings. The normalized spacial score (nSPS) is 21.6. The molecule has 3 rings (SSSR count). The van der Waals surface area contributed by atoms with Crippen molar-refractivity contribution in [2.75, 3.05) is 38.1 Å². The van der Waals surface area contributed by atoms with Gasteiger partial charge in [0.25, 0.3) is 11.8 Å². The van der Waals surface area contributed by atoms with Gasteiger partial charge >= 0.3 is 0 Å². The molecule has 1 unspecified atom stereocenters. The summed E-state index contributed by atoms with van der Waals surface area (Å²) in [7, 11) is 1.49. The van der Waals surface area contributed by atoms with Crippen molar-refractivity contribution in [1.82, 2.24) is 15.3 Å². The lowest BCUT2D eigenvalue weighted by Gasteiger charge is -2.36. The number of hydrogen-bond donors (Lipinski definition) is 1. The Balaban J connectivity index is 1.55. The van der Waals surface area contributed by atoms with E-state index >= 15 is 0 Å². The lowest BCUT2D eigenvalue weighted by molar-refractivity contribution is -0.139. The molecule has 0 bridgehead atoms. The fraction of sp³-hybridized carbons (Fsp3) is 0.438. The molecule has 1 aromatic carbocycles. The zero-order valence-corrected chi connectivity index (χ0v) is 13.1. The number of carbonyl (C=O) groups is 3. The van der Waals surface area contributed by atoms with Gasteiger partial charge in [0.1, 0.15) is 5.92 Å². The van der Waals surface area contributed by atoms with Crippen LogP contribution in [0.3, 0.4) is 0 Å². The maximum absolute atomic E-state index is 12.4. The fourth-order valence-electron chi connectivity index (χ4n) is 2.98. The van der Waals surface area contributed by atoms with Gasteiger partial charge in [-0.25, -0.2) is 0 Å². The van der Waals surface area contributed by atoms with Gasteiger partial charge in [-0.1, -0.05) is 18.2 Å². The van der Waals surface area contributed by atoms with Gasteiger partial charge in [-0.15, -0.1) is 0 Å². The smallest absolute Gasteiger partial charge is 0.253 e. The molecule has 2 aliphatic rings. The number of hydrogen-bond acceptors (Lipinski definition) is 4. The zero-order valence-electron chi connectivity index (χ0n) is 13.1. The van der Waals surface area contributed by atoms with Crippen LogP contribution in [0.4, 0.5) is 5.69 Å². The summed E-state index contributed by atoms with van der Waals surface area (Å²) in [5, 5.41) is 1.15. The summed E-state index contributed by atoms with van der Waals surface area (Å²) in [6, 6.07) is 10.1. The average Bonchev–Trinajstić information content (AvgIpc) is 2.82. The highest BCUT2D eigenvalue weighted by molar-refractivity contribution is 6.07. The van der Waals surface area contributed by atoms with Crippen molar-refractivity contribution in [2.45, 2.75) is 6.42 Å². The van der Waals surface area contributed by atoms with Crippen LogP contribution < -0.4 is 10.3 Å². The second-order valence-electron chi connectivity index (χ2n) is 5.83. The first-order chi connectivity index (χ1) is 11.1. The molecule has 1 N–H and O–H groups in total. The van der Waals surface area contributed by atoms with E-state index in [1.165, 1.54) is 7.05 Å². The van der Waals surface area contributed by atoms with E-state index in [-0.39, 0.29) is 18.2 Å². The largest absolute Gasteiger partial charge is 0.368 e. The quantitative estimate of drug-likeness (QED) is 0.787. The Morgan fingerprint density at radius 3 is 2.35 bits per heavy atom. The van der Waals surface area contributed by atoms with Crippen LogP contribution in [0.15, 0.2) is 30.3 Å². The van der Waals surface area contributed by atoms with E-state index in [0.717, 1.165) is 23.8 Å². The van der Waals surface area contributed by atoms with Crippen molar-refractivity contribution in [3.05, 3.63) is 30.3 Å². The van der Waals surface area contributed by atoms with Gasteiger partial charge in [0.15, 0.2) is 0 Å². The van der Waals surface area contributed by atoms with E-state index in [2.05, 4.69) is 22.5 Å². The molecule has 7 heteroatoms. The lowest BCUT2D eigenvalue weighted by Crippen LogP contribution is -2.49. The van der Waals surface area contributed by atoms with Gasteiger partial charge in [-0.2, -0.15) is 0 Å². The molecule has 0 saturated carbocycles. The number of carbonyl (C=O) groups excluding carboxylic acids is 3. The Hall–Kier alpha value is -2.57. The van der Waals surface area contributed by atoms with E-state index in [1.807, 2.05) is 18.2 Å². The third-order valence-corrected chi connectivity index (χ3v) is 4.36. The molecule has 7 nitrogen and oxygen atoms in total. The molecular weight excluding hydrogens is 296 g/mol. The SMILES string of the molecule is CN1NC(=O)C(CC(=O)N2CCN(c3ccccc3)CC2)C1=O. The number of rotatable bonds is 3. The monoisotopic (exact) mass is 316 g/mol. The zero-order chi connectivity index (χ0) is 16.4. The van der Waals surface area contributed by atoms with Crippen LogP contribution in [-0.4, -0.2) is 60.9 Å². The first-order valence-electron chi connectivity index (χ1n) is 7.72. The van der Waals surface area contributed by atoms with Crippen LogP contribution in [0.2, 0.25) is 0 Å². The number of anilines is 1. The van der Waals surface area contributed by atoms with Crippen LogP contribution >= 0.6 is 0 Å². The maximum atomic E-state index is 12.4. The number of nitrogens with zero attached hydrogens (tertiary/aromatic N) is 3. The third kappa shape index (κ3) is 3.13. The molecule has 3 amide bonds. The van der Waals surface area contributed by atoms with Crippen molar-refractivity contribution in [3.63, 3.8) is 0 Å². The van der Waals surface area contributed by atoms with Crippen LogP contribution in [0.25, 0.3) is 0 Å². The lowest BCUT2D eigenvalue weighted by atomic mass is 10.0. The molecule has 2 aliphatic heterocycles. The van der Waals surface area contributed by atoms with Gasteiger partial charge in [-0.3, -0.25) is 24.8 Å². The molecule has 0 spiro atoms. The second-order valence-corrected chi connectivity index (χ2v) is 5.83. The summed E-state index contributed by atoms with van der Waals surface area (Å²) in [5.41, 5.74) is 3.56. The van der Waals surface area contributed by atoms with Crippen LogP contribution in [0.1, 0.15) is 6.42 Å². The van der Waals surface area contributed by atoms with E-state index in [0.29, 0.717) is 13.1 Å². The van der Waals surface area contributed by atoms with Crippen molar-refractivity contribution in [1.29, 1.82) is 0 Å². The summed E-state index contributed by atoms with van der Waals surface area (Å²) < 4.78 is 0. The van der Waals surface area contributed by atoms with Gasteiger partial charge in [0, 0.05) is 45.3 Å². The standard InChI is InChI=1S/C16H20N4O3/c1-18-16(23)13(15(22)17-18)11-14(21)20-9-7-19(8-10-20)12-5-3-2-4-6-12/h2-6,13H,7-11H2,1H3,(H,17,22). The molecule has 122 valence electrons. The predicted octanol–water partition coefficient (Wildman–Crippen LogP) is -0.155. The number of nitrogens with one attached hydrogen (secondary N) is 1. The summed E-state index contributed by atoms with van der Waals surface area (Å²) in [5.74, 6) is -1.76. The summed E-state index contributed by atoms with van der Waals surface area (Å²) in [6.45, 7) is 2.71. The number of piperazine rings is 1. The third-order valence-electron chi connectivity index (χ3n) is 4.36. The highest BCUT2D eigenvalue weighted by Crippen LogP contribution is 2.18. The van der Waals surface area contributed by atoms with Crippen molar-refractivity contribution in [3.8, 4) is 0 Å². The summed E-state index contributed by atoms with van der Waals surface area (Å²) >= 11 is 0. The number of amides is 3. The Morgan fingerprint density at radius 1 is 1.13 bits per heavy atom. The summed E-state index contributed by atoms with van der Waals surface area (Å²) in [4.78, 5) is 39.8. The Bertz CT molecular complexity index is 611. The Labute approximate surface area is 134 Å². The number of para-hydroxylation sites is 1. The maximum Gasteiger partial charge on any atom is 0.253 e. The van der Waals surface area contributed by atoms with E-state index in [1.54, 1.807) is 4.90 Å². The van der Waals surface area contributed by atoms with Crippen molar-refractivity contribution in [2.24, 2.45) is 5.92 Å². The second kappa shape index (κ2) is 6.28. The molecule has 2 saturated heterocycles. The number of hydrazine groups is 1. The molecule has 1 aromatic rings. The molecule has 23 heavy (non-hydrogen) atoms. The number of benzene rings is 1. The molecule has 0 aromatic heterocycles. The molecule has 1 atom stereocenters. The Morgan fingerprint density at radius 2 is 1.78 bits per heavy atom. The molecule has 2 heterocycles.